The van der Waals surface area contributed by atoms with Crippen molar-refractivity contribution >= 4 is 24.0 Å². The molecule has 0 aromatic heterocycles. The van der Waals surface area contributed by atoms with Crippen LogP contribution >= 0.6 is 0 Å². The van der Waals surface area contributed by atoms with Crippen molar-refractivity contribution in [1.82, 2.24) is 15.5 Å². The highest BCUT2D eigenvalue weighted by molar-refractivity contribution is 6.06. The van der Waals surface area contributed by atoms with Gasteiger partial charge in [-0.15, -0.1) is 0 Å². The molecular formula is C17H21N3O5. The summed E-state index contributed by atoms with van der Waals surface area (Å²) in [4.78, 5) is 48.7. The van der Waals surface area contributed by atoms with E-state index in [4.69, 9.17) is 4.74 Å². The van der Waals surface area contributed by atoms with Crippen molar-refractivity contribution < 1.29 is 23.9 Å². The lowest BCUT2D eigenvalue weighted by Crippen LogP contribution is -2.53. The molecule has 8 nitrogen and oxygen atoms in total. The standard InChI is InChI=1S/C17H21N3O5/c1-18-8-9-25-14-5-3-4-11(12(14)10-21)17(24)20(2)13-6-7-15(22)19-16(13)23/h3-5,10,13,18H,6-9H2,1-2H3,(H,19,22,23). The Morgan fingerprint density at radius 3 is 2.84 bits per heavy atom. The van der Waals surface area contributed by atoms with Crippen LogP contribution in [-0.2, 0) is 9.59 Å². The van der Waals surface area contributed by atoms with Gasteiger partial charge >= 0.3 is 0 Å². The van der Waals surface area contributed by atoms with Gasteiger partial charge in [0, 0.05) is 20.0 Å². The highest BCUT2D eigenvalue weighted by atomic mass is 16.5. The summed E-state index contributed by atoms with van der Waals surface area (Å²) >= 11 is 0. The molecule has 1 aromatic rings. The lowest BCUT2D eigenvalue weighted by Gasteiger charge is -2.30. The first-order valence-electron chi connectivity index (χ1n) is 7.96. The van der Waals surface area contributed by atoms with E-state index in [1.807, 2.05) is 0 Å². The number of likely N-dealkylation sites (N-methyl/N-ethyl adjacent to an activating group) is 2. The number of carbonyl (C=O) groups excluding carboxylic acids is 4. The molecule has 2 rings (SSSR count). The Kier molecular flexibility index (Phi) is 6.24. The van der Waals surface area contributed by atoms with Crippen molar-refractivity contribution in [2.45, 2.75) is 18.9 Å². The van der Waals surface area contributed by atoms with Crippen molar-refractivity contribution in [3.8, 4) is 5.75 Å². The summed E-state index contributed by atoms with van der Waals surface area (Å²) in [5, 5.41) is 5.14. The summed E-state index contributed by atoms with van der Waals surface area (Å²) in [6.45, 7) is 0.935. The van der Waals surface area contributed by atoms with Crippen LogP contribution in [0.1, 0.15) is 33.6 Å². The van der Waals surface area contributed by atoms with Crippen LogP contribution < -0.4 is 15.4 Å². The highest BCUT2D eigenvalue weighted by Crippen LogP contribution is 2.23. The summed E-state index contributed by atoms with van der Waals surface area (Å²) in [7, 11) is 3.25. The molecule has 0 saturated carbocycles. The minimum absolute atomic E-state index is 0.141. The van der Waals surface area contributed by atoms with E-state index in [-0.39, 0.29) is 29.9 Å². The Labute approximate surface area is 145 Å². The molecule has 1 aliphatic heterocycles. The molecule has 1 aliphatic rings. The monoisotopic (exact) mass is 347 g/mol. The second kappa shape index (κ2) is 8.39. The van der Waals surface area contributed by atoms with Crippen molar-refractivity contribution in [2.24, 2.45) is 0 Å². The van der Waals surface area contributed by atoms with Crippen LogP contribution in [0.2, 0.25) is 0 Å². The molecule has 1 heterocycles. The summed E-state index contributed by atoms with van der Waals surface area (Å²) in [6, 6.07) is 3.99. The third-order valence-electron chi connectivity index (χ3n) is 4.02. The van der Waals surface area contributed by atoms with Gasteiger partial charge in [0.1, 0.15) is 18.4 Å². The molecule has 1 unspecified atom stereocenters. The average molecular weight is 347 g/mol. The van der Waals surface area contributed by atoms with Crippen molar-refractivity contribution in [1.29, 1.82) is 0 Å². The molecule has 0 aliphatic carbocycles. The van der Waals surface area contributed by atoms with Gasteiger partial charge in [-0.1, -0.05) is 6.07 Å². The predicted octanol–water partition coefficient (Wildman–Crippen LogP) is -0.0255. The van der Waals surface area contributed by atoms with Crippen LogP contribution in [0.5, 0.6) is 5.75 Å². The number of nitrogens with one attached hydrogen (secondary N) is 2. The first-order valence-corrected chi connectivity index (χ1v) is 7.96. The number of hydrogen-bond acceptors (Lipinski definition) is 6. The van der Waals surface area contributed by atoms with Crippen molar-refractivity contribution in [2.75, 3.05) is 27.2 Å². The van der Waals surface area contributed by atoms with E-state index >= 15 is 0 Å². The van der Waals surface area contributed by atoms with E-state index < -0.39 is 17.9 Å². The topological polar surface area (TPSA) is 105 Å². The quantitative estimate of drug-likeness (QED) is 0.408. The maximum atomic E-state index is 12.8. The number of ether oxygens (including phenoxy) is 1. The fourth-order valence-electron chi connectivity index (χ4n) is 2.62. The summed E-state index contributed by atoms with van der Waals surface area (Å²) in [5.41, 5.74) is 0.298. The smallest absolute Gasteiger partial charge is 0.255 e. The van der Waals surface area contributed by atoms with Crippen molar-refractivity contribution in [3.05, 3.63) is 29.3 Å². The SMILES string of the molecule is CNCCOc1cccc(C(=O)N(C)C2CCC(=O)NC2=O)c1C=O. The Hall–Kier alpha value is -2.74. The molecule has 134 valence electrons. The van der Waals surface area contributed by atoms with Gasteiger partial charge < -0.3 is 15.0 Å². The van der Waals surface area contributed by atoms with Gasteiger partial charge in [-0.2, -0.15) is 0 Å². The maximum absolute atomic E-state index is 12.8. The largest absolute Gasteiger partial charge is 0.491 e. The molecule has 1 fully saturated rings. The molecule has 8 heteroatoms. The van der Waals surface area contributed by atoms with Crippen LogP contribution in [-0.4, -0.2) is 62.2 Å². The van der Waals surface area contributed by atoms with Gasteiger partial charge in [0.25, 0.3) is 5.91 Å². The lowest BCUT2D eigenvalue weighted by atomic mass is 10.0. The van der Waals surface area contributed by atoms with E-state index in [9.17, 15) is 19.2 Å². The number of rotatable bonds is 7. The number of aldehydes is 1. The molecule has 3 amide bonds. The Bertz CT molecular complexity index is 689. The molecular weight excluding hydrogens is 326 g/mol. The number of carbonyl (C=O) groups is 4. The number of hydrogen-bond donors (Lipinski definition) is 2. The van der Waals surface area contributed by atoms with E-state index in [2.05, 4.69) is 10.6 Å². The molecule has 1 atom stereocenters. The highest BCUT2D eigenvalue weighted by Gasteiger charge is 2.33. The van der Waals surface area contributed by atoms with Crippen LogP contribution in [0.3, 0.4) is 0 Å². The van der Waals surface area contributed by atoms with Crippen LogP contribution in [0.15, 0.2) is 18.2 Å². The van der Waals surface area contributed by atoms with Crippen LogP contribution in [0.4, 0.5) is 0 Å². The summed E-state index contributed by atoms with van der Waals surface area (Å²) < 4.78 is 5.53. The zero-order valence-electron chi connectivity index (χ0n) is 14.2. The van der Waals surface area contributed by atoms with Crippen LogP contribution in [0, 0.1) is 0 Å². The second-order valence-corrected chi connectivity index (χ2v) is 5.67. The Balaban J connectivity index is 2.23. The predicted molar refractivity (Wildman–Crippen MR) is 89.5 cm³/mol. The maximum Gasteiger partial charge on any atom is 0.255 e. The molecule has 1 saturated heterocycles. The molecule has 1 aromatic carbocycles. The van der Waals surface area contributed by atoms with E-state index in [0.717, 1.165) is 0 Å². The number of piperidine rings is 1. The second-order valence-electron chi connectivity index (χ2n) is 5.67. The van der Waals surface area contributed by atoms with Gasteiger partial charge in [0.05, 0.1) is 11.1 Å². The first kappa shape index (κ1) is 18.6. The molecule has 2 N–H and O–H groups in total. The minimum atomic E-state index is -0.751. The molecule has 0 bridgehead atoms. The number of amides is 3. The normalized spacial score (nSPS) is 17.0. The van der Waals surface area contributed by atoms with Crippen molar-refractivity contribution in [3.63, 3.8) is 0 Å². The summed E-state index contributed by atoms with van der Waals surface area (Å²) in [6.07, 6.45) is 0.990. The van der Waals surface area contributed by atoms with Gasteiger partial charge in [0.2, 0.25) is 11.8 Å². The Morgan fingerprint density at radius 1 is 1.44 bits per heavy atom. The number of nitrogens with zero attached hydrogens (tertiary/aromatic N) is 1. The average Bonchev–Trinajstić information content (AvgIpc) is 2.60. The lowest BCUT2D eigenvalue weighted by molar-refractivity contribution is -0.136. The first-order chi connectivity index (χ1) is 12.0. The minimum Gasteiger partial charge on any atom is -0.491 e. The molecule has 25 heavy (non-hydrogen) atoms. The number of imide groups is 1. The third-order valence-corrected chi connectivity index (χ3v) is 4.02. The van der Waals surface area contributed by atoms with Gasteiger partial charge in [-0.3, -0.25) is 24.5 Å². The van der Waals surface area contributed by atoms with E-state index in [1.54, 1.807) is 19.2 Å². The Morgan fingerprint density at radius 2 is 2.20 bits per heavy atom. The fraction of sp³-hybridized carbons (Fsp3) is 0.412. The molecule has 0 spiro atoms. The fourth-order valence-corrected chi connectivity index (χ4v) is 2.62. The third kappa shape index (κ3) is 4.21. The zero-order valence-corrected chi connectivity index (χ0v) is 14.2. The van der Waals surface area contributed by atoms with Crippen LogP contribution in [0.25, 0.3) is 0 Å². The zero-order chi connectivity index (χ0) is 18.4. The van der Waals surface area contributed by atoms with E-state index in [0.29, 0.717) is 25.2 Å². The van der Waals surface area contributed by atoms with Gasteiger partial charge in [-0.05, 0) is 25.6 Å². The van der Waals surface area contributed by atoms with E-state index in [1.165, 1.54) is 18.0 Å². The summed E-state index contributed by atoms with van der Waals surface area (Å²) in [5.74, 6) is -1.03. The molecule has 0 radical (unpaired) electrons. The number of benzene rings is 1. The van der Waals surface area contributed by atoms with Gasteiger partial charge in [0.15, 0.2) is 6.29 Å². The van der Waals surface area contributed by atoms with Gasteiger partial charge in [-0.25, -0.2) is 0 Å².